The molecule has 1 aromatic heterocycles. The summed E-state index contributed by atoms with van der Waals surface area (Å²) in [6, 6.07) is 4.35. The Bertz CT molecular complexity index is 270. The van der Waals surface area contributed by atoms with Gasteiger partial charge in [-0.15, -0.1) is 5.10 Å². The summed E-state index contributed by atoms with van der Waals surface area (Å²) < 4.78 is 0. The van der Waals surface area contributed by atoms with Gasteiger partial charge in [-0.25, -0.2) is 0 Å². The monoisotopic (exact) mass is 194 g/mol. The Morgan fingerprint density at radius 2 is 2.14 bits per heavy atom. The second-order valence-electron chi connectivity index (χ2n) is 3.57. The molecule has 4 heteroatoms. The Morgan fingerprint density at radius 1 is 1.43 bits per heavy atom. The van der Waals surface area contributed by atoms with E-state index in [-0.39, 0.29) is 0 Å². The smallest absolute Gasteiger partial charge is 0.151 e. The molecule has 0 aliphatic carbocycles. The molecule has 1 unspecified atom stereocenters. The first kappa shape index (κ1) is 10.9. The van der Waals surface area contributed by atoms with Crippen molar-refractivity contribution in [3.8, 4) is 0 Å². The second kappa shape index (κ2) is 4.91. The van der Waals surface area contributed by atoms with Crippen LogP contribution in [0.25, 0.3) is 0 Å². The van der Waals surface area contributed by atoms with E-state index in [1.807, 2.05) is 26.1 Å². The number of rotatable bonds is 4. The summed E-state index contributed by atoms with van der Waals surface area (Å²) in [5, 5.41) is 8.14. The van der Waals surface area contributed by atoms with Gasteiger partial charge in [-0.1, -0.05) is 0 Å². The normalized spacial score (nSPS) is 12.6. The molecule has 1 aromatic rings. The number of aryl methyl sites for hydroxylation is 1. The minimum absolute atomic E-state index is 0.400. The highest BCUT2D eigenvalue weighted by molar-refractivity contribution is 5.37. The molecule has 0 bridgehead atoms. The molecule has 0 spiro atoms. The predicted molar refractivity (Wildman–Crippen MR) is 58.3 cm³/mol. The van der Waals surface area contributed by atoms with Gasteiger partial charge in [0.05, 0.1) is 5.69 Å². The van der Waals surface area contributed by atoms with Gasteiger partial charge in [-0.05, 0) is 38.9 Å². The van der Waals surface area contributed by atoms with Crippen molar-refractivity contribution < 1.29 is 0 Å². The van der Waals surface area contributed by atoms with Crippen LogP contribution >= 0.6 is 0 Å². The van der Waals surface area contributed by atoms with Crippen LogP contribution in [0.3, 0.4) is 0 Å². The fraction of sp³-hybridized carbons (Fsp3) is 0.600. The van der Waals surface area contributed by atoms with Crippen molar-refractivity contribution in [2.75, 3.05) is 18.5 Å². The number of hydrogen-bond acceptors (Lipinski definition) is 4. The van der Waals surface area contributed by atoms with Gasteiger partial charge in [0, 0.05) is 13.1 Å². The predicted octanol–water partition coefficient (Wildman–Crippen LogP) is 0.959. The van der Waals surface area contributed by atoms with Crippen LogP contribution in [0.1, 0.15) is 19.0 Å². The van der Waals surface area contributed by atoms with E-state index in [9.17, 15) is 0 Å². The van der Waals surface area contributed by atoms with Crippen molar-refractivity contribution in [1.82, 2.24) is 10.2 Å². The van der Waals surface area contributed by atoms with Crippen LogP contribution in [0.15, 0.2) is 12.1 Å². The van der Waals surface area contributed by atoms with Crippen molar-refractivity contribution in [3.63, 3.8) is 0 Å². The molecule has 2 N–H and O–H groups in total. The Labute approximate surface area is 85.1 Å². The number of nitrogens with zero attached hydrogens (tertiary/aromatic N) is 3. The highest BCUT2D eigenvalue weighted by Gasteiger charge is 2.09. The average molecular weight is 194 g/mol. The third kappa shape index (κ3) is 2.67. The Hall–Kier alpha value is -1.16. The van der Waals surface area contributed by atoms with Crippen molar-refractivity contribution in [2.24, 2.45) is 5.73 Å². The van der Waals surface area contributed by atoms with E-state index in [1.54, 1.807) is 0 Å². The van der Waals surface area contributed by atoms with Gasteiger partial charge in [0.15, 0.2) is 5.82 Å². The van der Waals surface area contributed by atoms with Crippen LogP contribution < -0.4 is 10.6 Å². The largest absolute Gasteiger partial charge is 0.355 e. The summed E-state index contributed by atoms with van der Waals surface area (Å²) in [5.41, 5.74) is 6.45. The lowest BCUT2D eigenvalue weighted by Crippen LogP contribution is -2.31. The van der Waals surface area contributed by atoms with Crippen molar-refractivity contribution in [3.05, 3.63) is 17.8 Å². The summed E-state index contributed by atoms with van der Waals surface area (Å²) in [6.45, 7) is 4.76. The van der Waals surface area contributed by atoms with Crippen LogP contribution in [0.5, 0.6) is 0 Å². The molecule has 1 atom stereocenters. The van der Waals surface area contributed by atoms with Crippen molar-refractivity contribution in [2.45, 2.75) is 26.3 Å². The van der Waals surface area contributed by atoms with Gasteiger partial charge in [-0.3, -0.25) is 0 Å². The lowest BCUT2D eigenvalue weighted by molar-refractivity contribution is 0.625. The molecule has 0 aliphatic rings. The first-order valence-electron chi connectivity index (χ1n) is 4.88. The van der Waals surface area contributed by atoms with E-state index in [2.05, 4.69) is 22.0 Å². The highest BCUT2D eigenvalue weighted by Crippen LogP contribution is 2.11. The summed E-state index contributed by atoms with van der Waals surface area (Å²) in [4.78, 5) is 2.10. The molecule has 78 valence electrons. The fourth-order valence-electron chi connectivity index (χ4n) is 1.24. The maximum atomic E-state index is 5.51. The molecule has 0 aromatic carbocycles. The zero-order valence-electron chi connectivity index (χ0n) is 9.07. The molecule has 0 radical (unpaired) electrons. The minimum atomic E-state index is 0.400. The first-order valence-corrected chi connectivity index (χ1v) is 4.88. The molecule has 0 aliphatic heterocycles. The molecular formula is C10H18N4. The summed E-state index contributed by atoms with van der Waals surface area (Å²) >= 11 is 0. The molecule has 0 fully saturated rings. The molecule has 4 nitrogen and oxygen atoms in total. The van der Waals surface area contributed by atoms with Crippen LogP contribution in [-0.4, -0.2) is 29.8 Å². The average Bonchev–Trinajstić information content (AvgIpc) is 2.18. The van der Waals surface area contributed by atoms with E-state index in [0.717, 1.165) is 17.9 Å². The lowest BCUT2D eigenvalue weighted by atomic mass is 10.2. The fourth-order valence-corrected chi connectivity index (χ4v) is 1.24. The molecule has 1 heterocycles. The molecule has 1 rings (SSSR count). The number of anilines is 1. The minimum Gasteiger partial charge on any atom is -0.355 e. The standard InChI is InChI=1S/C10H18N4/c1-8-4-5-10(13-12-8)14(3)9(2)6-7-11/h4-5,9H,6-7,11H2,1-3H3. The number of hydrogen-bond donors (Lipinski definition) is 1. The van der Waals surface area contributed by atoms with Gasteiger partial charge in [0.2, 0.25) is 0 Å². The zero-order valence-corrected chi connectivity index (χ0v) is 9.07. The maximum Gasteiger partial charge on any atom is 0.151 e. The van der Waals surface area contributed by atoms with E-state index < -0.39 is 0 Å². The van der Waals surface area contributed by atoms with Crippen molar-refractivity contribution in [1.29, 1.82) is 0 Å². The van der Waals surface area contributed by atoms with E-state index >= 15 is 0 Å². The Kier molecular flexibility index (Phi) is 3.83. The summed E-state index contributed by atoms with van der Waals surface area (Å²) in [5.74, 6) is 0.900. The molecular weight excluding hydrogens is 176 g/mol. The summed E-state index contributed by atoms with van der Waals surface area (Å²) in [6.07, 6.45) is 0.964. The van der Waals surface area contributed by atoms with Gasteiger partial charge < -0.3 is 10.6 Å². The molecule has 0 saturated carbocycles. The van der Waals surface area contributed by atoms with E-state index in [4.69, 9.17) is 5.73 Å². The van der Waals surface area contributed by atoms with Gasteiger partial charge in [0.1, 0.15) is 0 Å². The molecule has 14 heavy (non-hydrogen) atoms. The van der Waals surface area contributed by atoms with Gasteiger partial charge in [0.25, 0.3) is 0 Å². The van der Waals surface area contributed by atoms with Crippen LogP contribution in [0.4, 0.5) is 5.82 Å². The van der Waals surface area contributed by atoms with Crippen LogP contribution in [0, 0.1) is 6.92 Å². The third-order valence-electron chi connectivity index (χ3n) is 2.39. The SMILES string of the molecule is Cc1ccc(N(C)C(C)CCN)nn1. The third-order valence-corrected chi connectivity index (χ3v) is 2.39. The number of nitrogens with two attached hydrogens (primary N) is 1. The lowest BCUT2D eigenvalue weighted by Gasteiger charge is -2.24. The Balaban J connectivity index is 2.68. The molecule has 0 saturated heterocycles. The number of aromatic nitrogens is 2. The first-order chi connectivity index (χ1) is 6.65. The topological polar surface area (TPSA) is 55.0 Å². The highest BCUT2D eigenvalue weighted by atomic mass is 15.3. The van der Waals surface area contributed by atoms with Crippen molar-refractivity contribution >= 4 is 5.82 Å². The van der Waals surface area contributed by atoms with Gasteiger partial charge >= 0.3 is 0 Å². The van der Waals surface area contributed by atoms with E-state index in [1.165, 1.54) is 0 Å². The zero-order chi connectivity index (χ0) is 10.6. The Morgan fingerprint density at radius 3 is 2.64 bits per heavy atom. The quantitative estimate of drug-likeness (QED) is 0.775. The van der Waals surface area contributed by atoms with E-state index in [0.29, 0.717) is 12.6 Å². The van der Waals surface area contributed by atoms with Gasteiger partial charge in [-0.2, -0.15) is 5.10 Å². The van der Waals surface area contributed by atoms with Crippen LogP contribution in [-0.2, 0) is 0 Å². The summed E-state index contributed by atoms with van der Waals surface area (Å²) in [7, 11) is 2.01. The maximum absolute atomic E-state index is 5.51. The van der Waals surface area contributed by atoms with Crippen LogP contribution in [0.2, 0.25) is 0 Å². The molecule has 0 amide bonds. The second-order valence-corrected chi connectivity index (χ2v) is 3.57.